The van der Waals surface area contributed by atoms with Gasteiger partial charge in [-0.05, 0) is 20.8 Å². The number of hydrogen-bond acceptors (Lipinski definition) is 4. The number of hydrogen-bond donors (Lipinski definition) is 1. The quantitative estimate of drug-likeness (QED) is 0.885. The first-order valence-corrected chi connectivity index (χ1v) is 5.77. The number of amides is 1. The topological polar surface area (TPSA) is 73.0 Å². The predicted octanol–water partition coefficient (Wildman–Crippen LogP) is 1.31. The second-order valence-corrected chi connectivity index (χ2v) is 4.33. The van der Waals surface area contributed by atoms with E-state index in [0.717, 1.165) is 0 Å². The van der Waals surface area contributed by atoms with Gasteiger partial charge in [-0.3, -0.25) is 4.79 Å². The van der Waals surface area contributed by atoms with E-state index in [1.165, 1.54) is 0 Å². The summed E-state index contributed by atoms with van der Waals surface area (Å²) in [6, 6.07) is 0.000370. The molecule has 0 aliphatic heterocycles. The zero-order chi connectivity index (χ0) is 13.1. The smallest absolute Gasteiger partial charge is 0.257 e. The zero-order valence-electron chi connectivity index (χ0n) is 10.7. The summed E-state index contributed by atoms with van der Waals surface area (Å²) >= 11 is 0. The van der Waals surface area contributed by atoms with Crippen molar-refractivity contribution in [3.05, 3.63) is 35.7 Å². The van der Waals surface area contributed by atoms with Crippen LogP contribution in [0.2, 0.25) is 0 Å². The molecule has 0 saturated heterocycles. The lowest BCUT2D eigenvalue weighted by molar-refractivity contribution is 0.0934. The van der Waals surface area contributed by atoms with Crippen LogP contribution in [-0.4, -0.2) is 26.7 Å². The molecule has 18 heavy (non-hydrogen) atoms. The van der Waals surface area contributed by atoms with Crippen molar-refractivity contribution in [3.63, 3.8) is 0 Å². The Morgan fingerprint density at radius 1 is 1.56 bits per heavy atom. The van der Waals surface area contributed by atoms with E-state index in [4.69, 9.17) is 4.52 Å². The Hall–Kier alpha value is -2.11. The molecule has 0 unspecified atom stereocenters. The van der Waals surface area contributed by atoms with Gasteiger partial charge in [0.25, 0.3) is 5.91 Å². The normalized spacial score (nSPS) is 12.4. The molecule has 6 nitrogen and oxygen atoms in total. The van der Waals surface area contributed by atoms with Gasteiger partial charge < -0.3 is 14.4 Å². The molecule has 0 saturated carbocycles. The molecular formula is C12H16N4O2. The lowest BCUT2D eigenvalue weighted by Crippen LogP contribution is -2.35. The fourth-order valence-electron chi connectivity index (χ4n) is 1.86. The second kappa shape index (κ2) is 5.03. The SMILES string of the molecule is Cc1noc(C)c1C(=O)N[C@@H](C)Cn1ccnc1. The van der Waals surface area contributed by atoms with E-state index in [1.54, 1.807) is 26.4 Å². The van der Waals surface area contributed by atoms with E-state index < -0.39 is 0 Å². The molecule has 2 rings (SSSR count). The van der Waals surface area contributed by atoms with Crippen molar-refractivity contribution in [2.45, 2.75) is 33.4 Å². The Bertz CT molecular complexity index is 511. The Morgan fingerprint density at radius 2 is 2.33 bits per heavy atom. The summed E-state index contributed by atoms with van der Waals surface area (Å²) in [6.45, 7) is 6.10. The van der Waals surface area contributed by atoms with Gasteiger partial charge in [-0.2, -0.15) is 0 Å². The lowest BCUT2D eigenvalue weighted by Gasteiger charge is -2.14. The van der Waals surface area contributed by atoms with Gasteiger partial charge in [-0.25, -0.2) is 4.98 Å². The van der Waals surface area contributed by atoms with E-state index >= 15 is 0 Å². The van der Waals surface area contributed by atoms with Gasteiger partial charge in [-0.1, -0.05) is 5.16 Å². The summed E-state index contributed by atoms with van der Waals surface area (Å²) in [5, 5.41) is 6.68. The minimum atomic E-state index is -0.154. The predicted molar refractivity (Wildman–Crippen MR) is 65.1 cm³/mol. The maximum absolute atomic E-state index is 12.1. The Morgan fingerprint density at radius 3 is 2.89 bits per heavy atom. The summed E-state index contributed by atoms with van der Waals surface area (Å²) in [6.07, 6.45) is 5.29. The maximum Gasteiger partial charge on any atom is 0.257 e. The molecule has 6 heteroatoms. The highest BCUT2D eigenvalue weighted by atomic mass is 16.5. The molecule has 0 fully saturated rings. The third kappa shape index (κ3) is 2.58. The van der Waals surface area contributed by atoms with Gasteiger partial charge in [0.05, 0.1) is 12.0 Å². The van der Waals surface area contributed by atoms with E-state index in [1.807, 2.05) is 17.7 Å². The number of imidazole rings is 1. The van der Waals surface area contributed by atoms with Crippen LogP contribution in [0.15, 0.2) is 23.2 Å². The fraction of sp³-hybridized carbons (Fsp3) is 0.417. The van der Waals surface area contributed by atoms with Crippen LogP contribution in [0.4, 0.5) is 0 Å². The number of carbonyl (C=O) groups is 1. The third-order valence-electron chi connectivity index (χ3n) is 2.68. The minimum Gasteiger partial charge on any atom is -0.361 e. The van der Waals surface area contributed by atoms with Crippen molar-refractivity contribution in [3.8, 4) is 0 Å². The van der Waals surface area contributed by atoms with Crippen molar-refractivity contribution in [1.29, 1.82) is 0 Å². The summed E-state index contributed by atoms with van der Waals surface area (Å²) < 4.78 is 6.89. The molecule has 0 aromatic carbocycles. The van der Waals surface area contributed by atoms with Gasteiger partial charge in [0.1, 0.15) is 11.3 Å². The first-order chi connectivity index (χ1) is 8.58. The van der Waals surface area contributed by atoms with Crippen molar-refractivity contribution in [2.24, 2.45) is 0 Å². The molecule has 0 radical (unpaired) electrons. The van der Waals surface area contributed by atoms with Crippen molar-refractivity contribution in [2.75, 3.05) is 0 Å². The van der Waals surface area contributed by atoms with Crippen LogP contribution in [0, 0.1) is 13.8 Å². The van der Waals surface area contributed by atoms with Crippen LogP contribution in [0.25, 0.3) is 0 Å². The maximum atomic E-state index is 12.1. The van der Waals surface area contributed by atoms with E-state index in [2.05, 4.69) is 15.5 Å². The molecule has 0 spiro atoms. The first-order valence-electron chi connectivity index (χ1n) is 5.77. The average Bonchev–Trinajstić information content (AvgIpc) is 2.89. The molecule has 1 N–H and O–H groups in total. The highest BCUT2D eigenvalue weighted by Crippen LogP contribution is 2.12. The number of rotatable bonds is 4. The first kappa shape index (κ1) is 12.3. The van der Waals surface area contributed by atoms with Gasteiger partial charge in [0, 0.05) is 25.0 Å². The van der Waals surface area contributed by atoms with Gasteiger partial charge >= 0.3 is 0 Å². The van der Waals surface area contributed by atoms with Crippen LogP contribution in [0.1, 0.15) is 28.7 Å². The molecule has 1 atom stereocenters. The van der Waals surface area contributed by atoms with Crippen molar-refractivity contribution < 1.29 is 9.32 Å². The van der Waals surface area contributed by atoms with E-state index in [-0.39, 0.29) is 11.9 Å². The molecule has 2 aromatic heterocycles. The van der Waals surface area contributed by atoms with Crippen LogP contribution in [0.5, 0.6) is 0 Å². The molecule has 2 heterocycles. The highest BCUT2D eigenvalue weighted by Gasteiger charge is 2.18. The summed E-state index contributed by atoms with van der Waals surface area (Å²) in [5.74, 6) is 0.388. The zero-order valence-corrected chi connectivity index (χ0v) is 10.7. The van der Waals surface area contributed by atoms with Gasteiger partial charge in [0.2, 0.25) is 0 Å². The molecule has 0 bridgehead atoms. The molecule has 0 aliphatic carbocycles. The summed E-state index contributed by atoms with van der Waals surface area (Å²) in [4.78, 5) is 16.0. The van der Waals surface area contributed by atoms with Gasteiger partial charge in [0.15, 0.2) is 0 Å². The lowest BCUT2D eigenvalue weighted by atomic mass is 10.2. The minimum absolute atomic E-state index is 0.000370. The third-order valence-corrected chi connectivity index (χ3v) is 2.68. The molecular weight excluding hydrogens is 232 g/mol. The van der Waals surface area contributed by atoms with Crippen LogP contribution in [0.3, 0.4) is 0 Å². The van der Waals surface area contributed by atoms with E-state index in [0.29, 0.717) is 23.6 Å². The van der Waals surface area contributed by atoms with Crippen LogP contribution in [-0.2, 0) is 6.54 Å². The highest BCUT2D eigenvalue weighted by molar-refractivity contribution is 5.96. The van der Waals surface area contributed by atoms with E-state index in [9.17, 15) is 4.79 Å². The Labute approximate surface area is 105 Å². The number of aryl methyl sites for hydroxylation is 2. The number of nitrogens with one attached hydrogen (secondary N) is 1. The number of carbonyl (C=O) groups excluding carboxylic acids is 1. The Balaban J connectivity index is 1.99. The molecule has 2 aromatic rings. The fourth-order valence-corrected chi connectivity index (χ4v) is 1.86. The van der Waals surface area contributed by atoms with Crippen LogP contribution >= 0.6 is 0 Å². The van der Waals surface area contributed by atoms with Crippen molar-refractivity contribution >= 4 is 5.91 Å². The molecule has 96 valence electrons. The summed E-state index contributed by atoms with van der Waals surface area (Å²) in [7, 11) is 0. The Kier molecular flexibility index (Phi) is 3.45. The summed E-state index contributed by atoms with van der Waals surface area (Å²) in [5.41, 5.74) is 1.13. The number of aromatic nitrogens is 3. The average molecular weight is 248 g/mol. The van der Waals surface area contributed by atoms with Crippen molar-refractivity contribution in [1.82, 2.24) is 20.0 Å². The van der Waals surface area contributed by atoms with Crippen LogP contribution < -0.4 is 5.32 Å². The second-order valence-electron chi connectivity index (χ2n) is 4.33. The van der Waals surface area contributed by atoms with Gasteiger partial charge in [-0.15, -0.1) is 0 Å². The standard InChI is InChI=1S/C12H16N4O2/c1-8(6-16-5-4-13-7-16)14-12(17)11-9(2)15-18-10(11)3/h4-5,7-8H,6H2,1-3H3,(H,14,17)/t8-/m0/s1. The molecule has 0 aliphatic rings. The molecule has 1 amide bonds. The largest absolute Gasteiger partial charge is 0.361 e. The monoisotopic (exact) mass is 248 g/mol. The number of nitrogens with zero attached hydrogens (tertiary/aromatic N) is 3.